The van der Waals surface area contributed by atoms with E-state index in [1.807, 2.05) is 0 Å². The molecular weight excluding hydrogens is 371 g/mol. The zero-order chi connectivity index (χ0) is 18.5. The summed E-state index contributed by atoms with van der Waals surface area (Å²) in [6.45, 7) is 1.61. The van der Waals surface area contributed by atoms with Crippen molar-refractivity contribution in [3.63, 3.8) is 0 Å². The van der Waals surface area contributed by atoms with Crippen molar-refractivity contribution < 1.29 is 9.53 Å². The Labute approximate surface area is 164 Å². The minimum absolute atomic E-state index is 0.0731. The molecule has 6 heteroatoms. The monoisotopic (exact) mass is 392 g/mol. The molecule has 0 spiro atoms. The summed E-state index contributed by atoms with van der Waals surface area (Å²) in [5, 5.41) is 3.80. The van der Waals surface area contributed by atoms with E-state index in [9.17, 15) is 4.79 Å². The molecule has 1 aliphatic rings. The second-order valence-electron chi connectivity index (χ2n) is 6.45. The molecule has 138 valence electrons. The van der Waals surface area contributed by atoms with Gasteiger partial charge < -0.3 is 15.0 Å². The molecule has 0 aliphatic carbocycles. The first-order valence-electron chi connectivity index (χ1n) is 8.70. The number of amides is 1. The molecular formula is C20H22Cl2N2O2. The maximum absolute atomic E-state index is 11.9. The van der Waals surface area contributed by atoms with Crippen LogP contribution in [0.1, 0.15) is 17.5 Å². The average Bonchev–Trinajstić information content (AvgIpc) is 2.61. The molecule has 1 heterocycles. The number of rotatable bonds is 6. The highest BCUT2D eigenvalue weighted by Gasteiger charge is 2.13. The van der Waals surface area contributed by atoms with E-state index in [-0.39, 0.29) is 12.5 Å². The number of carbonyl (C=O) groups excluding carboxylic acids is 1. The number of benzene rings is 2. The quantitative estimate of drug-likeness (QED) is 0.803. The molecule has 26 heavy (non-hydrogen) atoms. The Kier molecular flexibility index (Phi) is 6.28. The number of halogens is 2. The van der Waals surface area contributed by atoms with Gasteiger partial charge >= 0.3 is 0 Å². The van der Waals surface area contributed by atoms with Gasteiger partial charge in [-0.25, -0.2) is 0 Å². The second kappa shape index (κ2) is 8.65. The van der Waals surface area contributed by atoms with Gasteiger partial charge in [0, 0.05) is 30.8 Å². The minimum atomic E-state index is -0.172. The van der Waals surface area contributed by atoms with Gasteiger partial charge in [-0.3, -0.25) is 4.79 Å². The first-order valence-corrected chi connectivity index (χ1v) is 9.46. The molecule has 4 nitrogen and oxygen atoms in total. The number of nitrogens with one attached hydrogen (secondary N) is 1. The topological polar surface area (TPSA) is 41.6 Å². The van der Waals surface area contributed by atoms with Gasteiger partial charge in [-0.15, -0.1) is 0 Å². The molecule has 0 aromatic heterocycles. The van der Waals surface area contributed by atoms with Crippen LogP contribution in [0, 0.1) is 0 Å². The van der Waals surface area contributed by atoms with Gasteiger partial charge in [0.25, 0.3) is 5.91 Å². The molecule has 1 N–H and O–H groups in total. The summed E-state index contributed by atoms with van der Waals surface area (Å²) in [6.07, 6.45) is 3.11. The fourth-order valence-electron chi connectivity index (χ4n) is 3.13. The van der Waals surface area contributed by atoms with Gasteiger partial charge in [-0.05, 0) is 54.7 Å². The van der Waals surface area contributed by atoms with Crippen LogP contribution in [0.5, 0.6) is 5.75 Å². The lowest BCUT2D eigenvalue weighted by molar-refractivity contribution is -0.123. The summed E-state index contributed by atoms with van der Waals surface area (Å²) in [4.78, 5) is 14.2. The maximum Gasteiger partial charge on any atom is 0.257 e. The smallest absolute Gasteiger partial charge is 0.257 e. The fraction of sp³-hybridized carbons (Fsp3) is 0.350. The van der Waals surface area contributed by atoms with Gasteiger partial charge in [-0.2, -0.15) is 0 Å². The Hall–Kier alpha value is -1.91. The van der Waals surface area contributed by atoms with Crippen molar-refractivity contribution >= 4 is 34.8 Å². The highest BCUT2D eigenvalue weighted by atomic mass is 35.5. The first kappa shape index (κ1) is 18.9. The van der Waals surface area contributed by atoms with Crippen molar-refractivity contribution in [2.45, 2.75) is 19.3 Å². The first-order chi connectivity index (χ1) is 12.5. The van der Waals surface area contributed by atoms with E-state index < -0.39 is 0 Å². The summed E-state index contributed by atoms with van der Waals surface area (Å²) < 4.78 is 5.43. The fourth-order valence-corrected chi connectivity index (χ4v) is 3.59. The Morgan fingerprint density at radius 2 is 2.08 bits per heavy atom. The second-order valence-corrected chi connectivity index (χ2v) is 7.30. The molecule has 0 saturated heterocycles. The van der Waals surface area contributed by atoms with Crippen molar-refractivity contribution in [3.8, 4) is 5.75 Å². The average molecular weight is 393 g/mol. The third-order valence-electron chi connectivity index (χ3n) is 4.48. The van der Waals surface area contributed by atoms with Crippen molar-refractivity contribution in [1.82, 2.24) is 5.32 Å². The lowest BCUT2D eigenvalue weighted by atomic mass is 9.98. The van der Waals surface area contributed by atoms with E-state index in [0.717, 1.165) is 19.4 Å². The molecule has 3 rings (SSSR count). The van der Waals surface area contributed by atoms with Crippen LogP contribution < -0.4 is 15.0 Å². The number of nitrogens with zero attached hydrogens (tertiary/aromatic N) is 1. The zero-order valence-corrected chi connectivity index (χ0v) is 16.2. The molecule has 0 fully saturated rings. The number of carbonyl (C=O) groups is 1. The molecule has 1 amide bonds. The summed E-state index contributed by atoms with van der Waals surface area (Å²) in [5.74, 6) is 0.277. The largest absolute Gasteiger partial charge is 0.482 e. The molecule has 0 bridgehead atoms. The lowest BCUT2D eigenvalue weighted by Gasteiger charge is -2.27. The Morgan fingerprint density at radius 3 is 2.88 bits per heavy atom. The summed E-state index contributed by atoms with van der Waals surface area (Å²) in [6, 6.07) is 11.5. The van der Waals surface area contributed by atoms with Crippen LogP contribution in [-0.2, 0) is 17.6 Å². The van der Waals surface area contributed by atoms with Crippen molar-refractivity contribution in [3.05, 3.63) is 57.6 Å². The van der Waals surface area contributed by atoms with Crippen LogP contribution >= 0.6 is 23.2 Å². The van der Waals surface area contributed by atoms with Crippen molar-refractivity contribution in [2.24, 2.45) is 0 Å². The molecule has 0 radical (unpaired) electrons. The van der Waals surface area contributed by atoms with E-state index >= 15 is 0 Å². The highest BCUT2D eigenvalue weighted by molar-refractivity contribution is 6.35. The molecule has 0 saturated carbocycles. The van der Waals surface area contributed by atoms with E-state index in [1.165, 1.54) is 23.2 Å². The van der Waals surface area contributed by atoms with Crippen LogP contribution in [-0.4, -0.2) is 32.7 Å². The third-order valence-corrected chi connectivity index (χ3v) is 5.01. The minimum Gasteiger partial charge on any atom is -0.482 e. The van der Waals surface area contributed by atoms with Crippen LogP contribution in [0.3, 0.4) is 0 Å². The Bertz CT molecular complexity index is 795. The van der Waals surface area contributed by atoms with E-state index in [4.69, 9.17) is 27.9 Å². The van der Waals surface area contributed by atoms with Gasteiger partial charge in [-0.1, -0.05) is 35.3 Å². The summed E-state index contributed by atoms with van der Waals surface area (Å²) >= 11 is 11.9. The highest BCUT2D eigenvalue weighted by Crippen LogP contribution is 2.28. The number of fused-ring (bicyclic) bond motifs is 1. The number of anilines is 1. The molecule has 2 aromatic rings. The lowest BCUT2D eigenvalue weighted by Crippen LogP contribution is -2.30. The molecule has 0 atom stereocenters. The van der Waals surface area contributed by atoms with Crippen molar-refractivity contribution in [1.29, 1.82) is 0 Å². The number of ether oxygens (including phenoxy) is 1. The standard InChI is InChI=1S/C20H22Cl2N2O2/c1-24-10-2-3-15-11-14(4-6-18(15)24)8-9-23-20(25)13-26-19-7-5-16(21)12-17(19)22/h4-7,11-12H,2-3,8-10,13H2,1H3,(H,23,25). The maximum atomic E-state index is 11.9. The van der Waals surface area contributed by atoms with E-state index in [1.54, 1.807) is 18.2 Å². The van der Waals surface area contributed by atoms with Crippen LogP contribution in [0.4, 0.5) is 5.69 Å². The van der Waals surface area contributed by atoms with E-state index in [0.29, 0.717) is 22.3 Å². The predicted octanol–water partition coefficient (Wildman–Crippen LogP) is 4.11. The van der Waals surface area contributed by atoms with Crippen LogP contribution in [0.15, 0.2) is 36.4 Å². The van der Waals surface area contributed by atoms with Gasteiger partial charge in [0.2, 0.25) is 0 Å². The number of hydrogen-bond acceptors (Lipinski definition) is 3. The SMILES string of the molecule is CN1CCCc2cc(CCNC(=O)COc3ccc(Cl)cc3Cl)ccc21. The van der Waals surface area contributed by atoms with Gasteiger partial charge in [0.1, 0.15) is 5.75 Å². The third kappa shape index (κ3) is 4.83. The predicted molar refractivity (Wildman–Crippen MR) is 107 cm³/mol. The number of hydrogen-bond donors (Lipinski definition) is 1. The molecule has 0 unspecified atom stereocenters. The summed E-state index contributed by atoms with van der Waals surface area (Å²) in [7, 11) is 2.13. The van der Waals surface area contributed by atoms with Crippen LogP contribution in [0.2, 0.25) is 10.0 Å². The van der Waals surface area contributed by atoms with Gasteiger partial charge in [0.05, 0.1) is 5.02 Å². The summed E-state index contributed by atoms with van der Waals surface area (Å²) in [5.41, 5.74) is 3.95. The Balaban J connectivity index is 1.45. The number of aryl methyl sites for hydroxylation is 1. The Morgan fingerprint density at radius 1 is 1.23 bits per heavy atom. The van der Waals surface area contributed by atoms with Crippen LogP contribution in [0.25, 0.3) is 0 Å². The van der Waals surface area contributed by atoms with Gasteiger partial charge in [0.15, 0.2) is 6.61 Å². The van der Waals surface area contributed by atoms with Crippen molar-refractivity contribution in [2.75, 3.05) is 31.6 Å². The van der Waals surface area contributed by atoms with E-state index in [2.05, 4.69) is 35.5 Å². The zero-order valence-electron chi connectivity index (χ0n) is 14.7. The molecule has 2 aromatic carbocycles. The molecule has 1 aliphatic heterocycles. The normalized spacial score (nSPS) is 13.3.